The van der Waals surface area contributed by atoms with E-state index in [4.69, 9.17) is 5.26 Å². The summed E-state index contributed by atoms with van der Waals surface area (Å²) in [6.45, 7) is 1.33. The lowest BCUT2D eigenvalue weighted by Crippen LogP contribution is -2.33. The van der Waals surface area contributed by atoms with Gasteiger partial charge in [0.15, 0.2) is 11.0 Å². The van der Waals surface area contributed by atoms with Crippen molar-refractivity contribution >= 4 is 33.4 Å². The molecule has 204 valence electrons. The van der Waals surface area contributed by atoms with Gasteiger partial charge in [-0.1, -0.05) is 60.3 Å². The van der Waals surface area contributed by atoms with Crippen molar-refractivity contribution in [3.05, 3.63) is 84.9 Å². The van der Waals surface area contributed by atoms with Gasteiger partial charge in [0, 0.05) is 36.6 Å². The minimum absolute atomic E-state index is 0.0780. The molecule has 11 heteroatoms. The van der Waals surface area contributed by atoms with Crippen LogP contribution in [-0.4, -0.2) is 58.8 Å². The van der Waals surface area contributed by atoms with Gasteiger partial charge in [0.25, 0.3) is 0 Å². The number of carbonyl (C=O) groups excluding carboxylic acids is 1. The lowest BCUT2D eigenvalue weighted by Gasteiger charge is -2.21. The van der Waals surface area contributed by atoms with Crippen LogP contribution in [0, 0.1) is 11.3 Å². The van der Waals surface area contributed by atoms with Gasteiger partial charge in [0.2, 0.25) is 15.9 Å². The molecule has 1 aliphatic heterocycles. The maximum Gasteiger partial charge on any atom is 0.243 e. The van der Waals surface area contributed by atoms with E-state index in [9.17, 15) is 13.2 Å². The van der Waals surface area contributed by atoms with Crippen LogP contribution in [0.4, 0.5) is 5.69 Å². The molecule has 40 heavy (non-hydrogen) atoms. The Kier molecular flexibility index (Phi) is 8.60. The molecular weight excluding hydrogens is 544 g/mol. The van der Waals surface area contributed by atoms with Crippen molar-refractivity contribution in [1.82, 2.24) is 19.1 Å². The van der Waals surface area contributed by atoms with E-state index in [2.05, 4.69) is 16.3 Å². The summed E-state index contributed by atoms with van der Waals surface area (Å²) in [6, 6.07) is 27.6. The third-order valence-electron chi connectivity index (χ3n) is 6.58. The number of thioether (sulfide) groups is 1. The average Bonchev–Trinajstić information content (AvgIpc) is 3.69. The van der Waals surface area contributed by atoms with Gasteiger partial charge >= 0.3 is 0 Å². The molecule has 9 nitrogen and oxygen atoms in total. The number of sulfonamides is 1. The zero-order valence-electron chi connectivity index (χ0n) is 21.8. The molecular formula is C29H28N6O3S2. The van der Waals surface area contributed by atoms with Crippen molar-refractivity contribution in [2.24, 2.45) is 0 Å². The summed E-state index contributed by atoms with van der Waals surface area (Å²) < 4.78 is 29.8. The van der Waals surface area contributed by atoms with Crippen molar-refractivity contribution in [3.8, 4) is 23.1 Å². The van der Waals surface area contributed by atoms with Gasteiger partial charge in [-0.25, -0.2) is 8.42 Å². The number of hydrogen-bond donors (Lipinski definition) is 0. The Balaban J connectivity index is 1.46. The van der Waals surface area contributed by atoms with Crippen LogP contribution in [0.25, 0.3) is 17.1 Å². The standard InChI is InChI=1S/C29H28N6O3S2/c30-17-10-20-34(24-12-3-1-4-13-24)27(36)22-39-29-32-31-28(35(29)25-14-5-2-6-15-25)23-11-9-16-26(21-23)40(37,38)33-18-7-8-19-33/h1-6,9,11-16,21H,7-8,10,18-20,22H2. The normalized spacial score (nSPS) is 13.7. The number of hydrogen-bond acceptors (Lipinski definition) is 7. The second-order valence-corrected chi connectivity index (χ2v) is 12.1. The van der Waals surface area contributed by atoms with E-state index in [-0.39, 0.29) is 29.5 Å². The maximum atomic E-state index is 13.3. The van der Waals surface area contributed by atoms with Gasteiger partial charge in [-0.05, 0) is 49.2 Å². The topological polar surface area (TPSA) is 112 Å². The number of benzene rings is 3. The summed E-state index contributed by atoms with van der Waals surface area (Å²) in [4.78, 5) is 15.1. The Labute approximate surface area is 238 Å². The molecule has 0 saturated carbocycles. The molecule has 1 amide bonds. The highest BCUT2D eigenvalue weighted by Gasteiger charge is 2.28. The molecule has 1 aromatic heterocycles. The minimum atomic E-state index is -3.61. The van der Waals surface area contributed by atoms with Gasteiger partial charge in [0.05, 0.1) is 23.1 Å². The number of amides is 1. The number of anilines is 1. The zero-order chi connectivity index (χ0) is 28.0. The van der Waals surface area contributed by atoms with E-state index in [1.54, 1.807) is 23.1 Å². The first-order valence-corrected chi connectivity index (χ1v) is 15.4. The Bertz CT molecular complexity index is 1610. The van der Waals surface area contributed by atoms with Crippen molar-refractivity contribution in [2.45, 2.75) is 29.3 Å². The van der Waals surface area contributed by atoms with Crippen LogP contribution < -0.4 is 4.90 Å². The number of para-hydroxylation sites is 2. The first-order valence-electron chi connectivity index (χ1n) is 13.0. The first-order chi connectivity index (χ1) is 19.5. The summed E-state index contributed by atoms with van der Waals surface area (Å²) in [5.74, 6) is 0.396. The number of aromatic nitrogens is 3. The third-order valence-corrected chi connectivity index (χ3v) is 9.39. The smallest absolute Gasteiger partial charge is 0.243 e. The Morgan fingerprint density at radius 1 is 0.950 bits per heavy atom. The maximum absolute atomic E-state index is 13.3. The van der Waals surface area contributed by atoms with Crippen LogP contribution in [-0.2, 0) is 14.8 Å². The van der Waals surface area contributed by atoms with Crippen molar-refractivity contribution in [3.63, 3.8) is 0 Å². The number of rotatable bonds is 10. The predicted octanol–water partition coefficient (Wildman–Crippen LogP) is 4.76. The highest BCUT2D eigenvalue weighted by molar-refractivity contribution is 7.99. The summed E-state index contributed by atoms with van der Waals surface area (Å²) in [7, 11) is -3.61. The van der Waals surface area contributed by atoms with Crippen molar-refractivity contribution < 1.29 is 13.2 Å². The number of nitriles is 1. The summed E-state index contributed by atoms with van der Waals surface area (Å²) in [5.41, 5.74) is 2.12. The van der Waals surface area contributed by atoms with Crippen molar-refractivity contribution in [1.29, 1.82) is 5.26 Å². The van der Waals surface area contributed by atoms with Crippen LogP contribution in [0.1, 0.15) is 19.3 Å². The number of nitrogens with zero attached hydrogens (tertiary/aromatic N) is 6. The molecule has 0 radical (unpaired) electrons. The number of carbonyl (C=O) groups is 1. The van der Waals surface area contributed by atoms with E-state index in [0.29, 0.717) is 29.6 Å². The monoisotopic (exact) mass is 572 g/mol. The Morgan fingerprint density at radius 2 is 1.65 bits per heavy atom. The zero-order valence-corrected chi connectivity index (χ0v) is 23.4. The molecule has 1 saturated heterocycles. The van der Waals surface area contributed by atoms with Crippen LogP contribution in [0.2, 0.25) is 0 Å². The Morgan fingerprint density at radius 3 is 2.35 bits per heavy atom. The molecule has 4 aromatic rings. The second kappa shape index (κ2) is 12.5. The molecule has 2 heterocycles. The predicted molar refractivity (Wildman–Crippen MR) is 155 cm³/mol. The van der Waals surface area contributed by atoms with Crippen molar-refractivity contribution in [2.75, 3.05) is 30.3 Å². The third kappa shape index (κ3) is 5.94. The first kappa shape index (κ1) is 27.6. The largest absolute Gasteiger partial charge is 0.311 e. The van der Waals surface area contributed by atoms with E-state index >= 15 is 0 Å². The molecule has 0 N–H and O–H groups in total. The summed E-state index contributed by atoms with van der Waals surface area (Å²) in [6.07, 6.45) is 1.93. The van der Waals surface area contributed by atoms with Gasteiger partial charge < -0.3 is 4.90 Å². The van der Waals surface area contributed by atoms with E-state index < -0.39 is 10.0 Å². The van der Waals surface area contributed by atoms with Gasteiger partial charge in [-0.2, -0.15) is 9.57 Å². The summed E-state index contributed by atoms with van der Waals surface area (Å²) in [5, 5.41) is 18.4. The lowest BCUT2D eigenvalue weighted by molar-refractivity contribution is -0.116. The molecule has 3 aromatic carbocycles. The minimum Gasteiger partial charge on any atom is -0.311 e. The lowest BCUT2D eigenvalue weighted by atomic mass is 10.2. The fraction of sp³-hybridized carbons (Fsp3) is 0.241. The van der Waals surface area contributed by atoms with E-state index in [1.807, 2.05) is 71.3 Å². The molecule has 5 rings (SSSR count). The second-order valence-electron chi connectivity index (χ2n) is 9.19. The van der Waals surface area contributed by atoms with Gasteiger partial charge in [0.1, 0.15) is 0 Å². The summed E-state index contributed by atoms with van der Waals surface area (Å²) >= 11 is 1.24. The van der Waals surface area contributed by atoms with Gasteiger partial charge in [-0.15, -0.1) is 10.2 Å². The quantitative estimate of drug-likeness (QED) is 0.252. The highest BCUT2D eigenvalue weighted by Crippen LogP contribution is 2.31. The SMILES string of the molecule is N#CCCN(C(=O)CSc1nnc(-c2cccc(S(=O)(=O)N3CCCC3)c2)n1-c1ccccc1)c1ccccc1. The molecule has 0 aliphatic carbocycles. The van der Waals surface area contributed by atoms with Crippen LogP contribution in [0.5, 0.6) is 0 Å². The molecule has 0 unspecified atom stereocenters. The fourth-order valence-electron chi connectivity index (χ4n) is 4.61. The Hall–Kier alpha value is -3.98. The fourth-order valence-corrected chi connectivity index (χ4v) is 7.00. The molecule has 0 spiro atoms. The molecule has 0 bridgehead atoms. The van der Waals surface area contributed by atoms with E-state index in [1.165, 1.54) is 16.1 Å². The van der Waals surface area contributed by atoms with Crippen LogP contribution >= 0.6 is 11.8 Å². The van der Waals surface area contributed by atoms with Crippen LogP contribution in [0.15, 0.2) is 95.0 Å². The van der Waals surface area contributed by atoms with Gasteiger partial charge in [-0.3, -0.25) is 9.36 Å². The highest BCUT2D eigenvalue weighted by atomic mass is 32.2. The van der Waals surface area contributed by atoms with Crippen LogP contribution in [0.3, 0.4) is 0 Å². The molecule has 1 aliphatic rings. The molecule has 0 atom stereocenters. The average molecular weight is 573 g/mol. The van der Waals surface area contributed by atoms with E-state index in [0.717, 1.165) is 24.2 Å². The molecule has 1 fully saturated rings.